The maximum absolute atomic E-state index is 5.66. The second kappa shape index (κ2) is 11.4. The van der Waals surface area contributed by atoms with Crippen molar-refractivity contribution in [2.45, 2.75) is 46.6 Å². The summed E-state index contributed by atoms with van der Waals surface area (Å²) in [7, 11) is 0. The number of hydrogen-bond donors (Lipinski definition) is 1. The van der Waals surface area contributed by atoms with E-state index in [-0.39, 0.29) is 0 Å². The highest BCUT2D eigenvalue weighted by molar-refractivity contribution is 4.55. The second-order valence-corrected chi connectivity index (χ2v) is 4.47. The summed E-state index contributed by atoms with van der Waals surface area (Å²) in [6.45, 7) is 13.1. The molecule has 1 atom stereocenters. The lowest BCUT2D eigenvalue weighted by Gasteiger charge is -2.16. The van der Waals surface area contributed by atoms with E-state index in [1.165, 1.54) is 6.42 Å². The van der Waals surface area contributed by atoms with Crippen LogP contribution >= 0.6 is 0 Å². The fourth-order valence-corrected chi connectivity index (χ4v) is 1.23. The Labute approximate surface area is 101 Å². The molecule has 3 heteroatoms. The first-order chi connectivity index (χ1) is 7.68. The maximum atomic E-state index is 5.66. The van der Waals surface area contributed by atoms with Gasteiger partial charge in [0, 0.05) is 19.8 Å². The van der Waals surface area contributed by atoms with Gasteiger partial charge in [-0.25, -0.2) is 0 Å². The topological polar surface area (TPSA) is 30.5 Å². The SMILES string of the molecule is CCOCCCCNCCOC(C)C(C)C. The molecular weight excluding hydrogens is 202 g/mol. The highest BCUT2D eigenvalue weighted by atomic mass is 16.5. The largest absolute Gasteiger partial charge is 0.382 e. The summed E-state index contributed by atoms with van der Waals surface area (Å²) in [4.78, 5) is 0. The van der Waals surface area contributed by atoms with Crippen LogP contribution in [0.25, 0.3) is 0 Å². The van der Waals surface area contributed by atoms with E-state index in [1.807, 2.05) is 6.92 Å². The molecule has 0 saturated heterocycles. The predicted octanol–water partition coefficient (Wildman–Crippen LogP) is 2.45. The van der Waals surface area contributed by atoms with Gasteiger partial charge < -0.3 is 14.8 Å². The van der Waals surface area contributed by atoms with Gasteiger partial charge in [0.05, 0.1) is 12.7 Å². The Morgan fingerprint density at radius 2 is 1.75 bits per heavy atom. The van der Waals surface area contributed by atoms with E-state index < -0.39 is 0 Å². The van der Waals surface area contributed by atoms with Crippen LogP contribution in [0, 0.1) is 5.92 Å². The van der Waals surface area contributed by atoms with E-state index in [1.54, 1.807) is 0 Å². The van der Waals surface area contributed by atoms with E-state index in [4.69, 9.17) is 9.47 Å². The fourth-order valence-electron chi connectivity index (χ4n) is 1.23. The Bertz CT molecular complexity index is 140. The van der Waals surface area contributed by atoms with Crippen LogP contribution in [-0.2, 0) is 9.47 Å². The first-order valence-corrected chi connectivity index (χ1v) is 6.58. The van der Waals surface area contributed by atoms with Crippen LogP contribution in [0.5, 0.6) is 0 Å². The van der Waals surface area contributed by atoms with E-state index in [0.29, 0.717) is 12.0 Å². The van der Waals surface area contributed by atoms with Gasteiger partial charge in [0.2, 0.25) is 0 Å². The van der Waals surface area contributed by atoms with Gasteiger partial charge in [-0.15, -0.1) is 0 Å². The van der Waals surface area contributed by atoms with E-state index in [0.717, 1.165) is 39.3 Å². The average Bonchev–Trinajstić information content (AvgIpc) is 2.26. The van der Waals surface area contributed by atoms with Gasteiger partial charge in [-0.3, -0.25) is 0 Å². The quantitative estimate of drug-likeness (QED) is 0.554. The Balaban J connectivity index is 3.04. The van der Waals surface area contributed by atoms with Crippen LogP contribution in [0.15, 0.2) is 0 Å². The molecule has 0 bridgehead atoms. The molecule has 0 aromatic heterocycles. The summed E-state index contributed by atoms with van der Waals surface area (Å²) in [6, 6.07) is 0. The number of ether oxygens (including phenoxy) is 2. The summed E-state index contributed by atoms with van der Waals surface area (Å²) >= 11 is 0. The van der Waals surface area contributed by atoms with Crippen LogP contribution in [0.1, 0.15) is 40.5 Å². The molecule has 3 nitrogen and oxygen atoms in total. The molecule has 98 valence electrons. The van der Waals surface area contributed by atoms with Crippen molar-refractivity contribution in [2.24, 2.45) is 5.92 Å². The number of rotatable bonds is 11. The Kier molecular flexibility index (Phi) is 11.3. The molecule has 0 saturated carbocycles. The van der Waals surface area contributed by atoms with Gasteiger partial charge >= 0.3 is 0 Å². The van der Waals surface area contributed by atoms with E-state index in [2.05, 4.69) is 26.1 Å². The third-order valence-corrected chi connectivity index (χ3v) is 2.69. The van der Waals surface area contributed by atoms with Crippen LogP contribution in [-0.4, -0.2) is 39.0 Å². The molecule has 0 aromatic carbocycles. The zero-order valence-corrected chi connectivity index (χ0v) is 11.4. The smallest absolute Gasteiger partial charge is 0.0594 e. The minimum absolute atomic E-state index is 0.361. The van der Waals surface area contributed by atoms with Crippen LogP contribution in [0.4, 0.5) is 0 Å². The zero-order valence-electron chi connectivity index (χ0n) is 11.4. The minimum atomic E-state index is 0.361. The van der Waals surface area contributed by atoms with Crippen molar-refractivity contribution in [2.75, 3.05) is 32.9 Å². The lowest BCUT2D eigenvalue weighted by molar-refractivity contribution is 0.0374. The van der Waals surface area contributed by atoms with Gasteiger partial charge in [-0.1, -0.05) is 13.8 Å². The molecule has 0 heterocycles. The second-order valence-electron chi connectivity index (χ2n) is 4.47. The van der Waals surface area contributed by atoms with Crippen LogP contribution in [0.2, 0.25) is 0 Å². The molecule has 0 rings (SSSR count). The Hall–Kier alpha value is -0.120. The molecule has 0 radical (unpaired) electrons. The van der Waals surface area contributed by atoms with Crippen LogP contribution < -0.4 is 5.32 Å². The zero-order chi connectivity index (χ0) is 12.2. The van der Waals surface area contributed by atoms with Gasteiger partial charge in [0.15, 0.2) is 0 Å². The van der Waals surface area contributed by atoms with Gasteiger partial charge in [-0.2, -0.15) is 0 Å². The van der Waals surface area contributed by atoms with Crippen molar-refractivity contribution < 1.29 is 9.47 Å². The molecule has 0 aromatic rings. The first-order valence-electron chi connectivity index (χ1n) is 6.58. The van der Waals surface area contributed by atoms with Crippen molar-refractivity contribution in [3.8, 4) is 0 Å². The fraction of sp³-hybridized carbons (Fsp3) is 1.00. The lowest BCUT2D eigenvalue weighted by atomic mass is 10.1. The highest BCUT2D eigenvalue weighted by Crippen LogP contribution is 2.03. The van der Waals surface area contributed by atoms with Crippen molar-refractivity contribution >= 4 is 0 Å². The molecule has 0 aliphatic carbocycles. The third kappa shape index (κ3) is 10.4. The predicted molar refractivity (Wildman–Crippen MR) is 68.8 cm³/mol. The number of hydrogen-bond acceptors (Lipinski definition) is 3. The van der Waals surface area contributed by atoms with Crippen molar-refractivity contribution in [3.63, 3.8) is 0 Å². The first kappa shape index (κ1) is 15.9. The Morgan fingerprint density at radius 1 is 1.00 bits per heavy atom. The Morgan fingerprint density at radius 3 is 2.38 bits per heavy atom. The van der Waals surface area contributed by atoms with Gasteiger partial charge in [0.1, 0.15) is 0 Å². The highest BCUT2D eigenvalue weighted by Gasteiger charge is 2.05. The maximum Gasteiger partial charge on any atom is 0.0594 e. The molecule has 0 aliphatic heterocycles. The molecule has 1 N–H and O–H groups in total. The van der Waals surface area contributed by atoms with Crippen molar-refractivity contribution in [1.29, 1.82) is 0 Å². The third-order valence-electron chi connectivity index (χ3n) is 2.69. The molecular formula is C13H29NO2. The average molecular weight is 231 g/mol. The van der Waals surface area contributed by atoms with E-state index in [9.17, 15) is 0 Å². The normalized spacial score (nSPS) is 13.3. The summed E-state index contributed by atoms with van der Waals surface area (Å²) in [5.41, 5.74) is 0. The molecule has 0 fully saturated rings. The summed E-state index contributed by atoms with van der Waals surface area (Å²) in [6.07, 6.45) is 2.68. The number of nitrogens with one attached hydrogen (secondary N) is 1. The van der Waals surface area contributed by atoms with Gasteiger partial charge in [-0.05, 0) is 39.2 Å². The van der Waals surface area contributed by atoms with Crippen molar-refractivity contribution in [3.05, 3.63) is 0 Å². The molecule has 0 aliphatic rings. The van der Waals surface area contributed by atoms with Crippen LogP contribution in [0.3, 0.4) is 0 Å². The monoisotopic (exact) mass is 231 g/mol. The minimum Gasteiger partial charge on any atom is -0.382 e. The molecule has 1 unspecified atom stereocenters. The molecule has 0 spiro atoms. The summed E-state index contributed by atoms with van der Waals surface area (Å²) in [5, 5.41) is 3.38. The summed E-state index contributed by atoms with van der Waals surface area (Å²) < 4.78 is 10.9. The van der Waals surface area contributed by atoms with E-state index >= 15 is 0 Å². The van der Waals surface area contributed by atoms with Crippen molar-refractivity contribution in [1.82, 2.24) is 5.32 Å². The standard InChI is InChI=1S/C13H29NO2/c1-5-15-10-7-6-8-14-9-11-16-13(4)12(2)3/h12-14H,5-11H2,1-4H3. The molecule has 16 heavy (non-hydrogen) atoms. The van der Waals surface area contributed by atoms with Gasteiger partial charge in [0.25, 0.3) is 0 Å². The lowest BCUT2D eigenvalue weighted by Crippen LogP contribution is -2.25. The molecule has 0 amide bonds. The summed E-state index contributed by atoms with van der Waals surface area (Å²) in [5.74, 6) is 0.603. The number of unbranched alkanes of at least 4 members (excludes halogenated alkanes) is 1.